The van der Waals surface area contributed by atoms with Crippen molar-refractivity contribution in [2.75, 3.05) is 13.2 Å². The molecule has 24 heavy (non-hydrogen) atoms. The number of carbonyl (C=O) groups is 1. The van der Waals surface area contributed by atoms with Gasteiger partial charge in [-0.3, -0.25) is 9.63 Å². The van der Waals surface area contributed by atoms with E-state index in [1.54, 1.807) is 18.9 Å². The molecule has 2 fully saturated rings. The van der Waals surface area contributed by atoms with Crippen molar-refractivity contribution in [3.63, 3.8) is 0 Å². The zero-order valence-corrected chi connectivity index (χ0v) is 13.7. The average Bonchev–Trinajstić information content (AvgIpc) is 2.91. The molecule has 3 atom stereocenters. The largest absolute Gasteiger partial charge is 0.348 e. The summed E-state index contributed by atoms with van der Waals surface area (Å²) < 4.78 is 11.4. The molecule has 0 saturated carbocycles. The Morgan fingerprint density at radius 1 is 1.33 bits per heavy atom. The van der Waals surface area contributed by atoms with E-state index >= 15 is 0 Å². The summed E-state index contributed by atoms with van der Waals surface area (Å²) in [6, 6.07) is 8.17. The summed E-state index contributed by atoms with van der Waals surface area (Å²) in [5.74, 6) is -0.962. The molecule has 0 bridgehead atoms. The lowest BCUT2D eigenvalue weighted by molar-refractivity contribution is -0.238. The van der Waals surface area contributed by atoms with Gasteiger partial charge in [0.15, 0.2) is 11.6 Å². The van der Waals surface area contributed by atoms with E-state index in [4.69, 9.17) is 19.8 Å². The van der Waals surface area contributed by atoms with E-state index < -0.39 is 24.0 Å². The summed E-state index contributed by atoms with van der Waals surface area (Å²) in [7, 11) is 0. The minimum Gasteiger partial charge on any atom is -0.348 e. The van der Waals surface area contributed by atoms with Gasteiger partial charge in [0, 0.05) is 4.91 Å². The molecule has 128 valence electrons. The van der Waals surface area contributed by atoms with E-state index in [1.807, 2.05) is 30.3 Å². The summed E-state index contributed by atoms with van der Waals surface area (Å²) in [4.78, 5) is 21.3. The van der Waals surface area contributed by atoms with Crippen LogP contribution in [0.3, 0.4) is 0 Å². The van der Waals surface area contributed by atoms with E-state index in [0.717, 1.165) is 5.56 Å². The molecule has 0 aromatic heterocycles. The Morgan fingerprint density at radius 3 is 2.71 bits per heavy atom. The molecule has 2 aliphatic heterocycles. The lowest BCUT2D eigenvalue weighted by atomic mass is 9.99. The van der Waals surface area contributed by atoms with Crippen molar-refractivity contribution >= 4 is 5.78 Å². The quantitative estimate of drug-likeness (QED) is 0.478. The summed E-state index contributed by atoms with van der Waals surface area (Å²) >= 11 is 0. The van der Waals surface area contributed by atoms with Gasteiger partial charge in [0.1, 0.15) is 18.2 Å². The first-order chi connectivity index (χ1) is 11.5. The Balaban J connectivity index is 1.83. The van der Waals surface area contributed by atoms with E-state index in [1.165, 1.54) is 0 Å². The third-order valence-corrected chi connectivity index (χ3v) is 4.08. The van der Waals surface area contributed by atoms with E-state index in [0.29, 0.717) is 6.54 Å². The monoisotopic (exact) mass is 332 g/mol. The fraction of sp³-hybridized carbons (Fsp3) is 0.562. The molecular weight excluding hydrogens is 312 g/mol. The standard InChI is InChI=1S/C16H20N4O4/c1-16(2)22-10-13(24-16)14-15(21)12(18-19-17)9-23-20(14)8-11-6-4-3-5-7-11/h3-7,12-14H,8-10H2,1-2H3/t12-,13-,14+/m1/s1. The fourth-order valence-electron chi connectivity index (χ4n) is 2.97. The van der Waals surface area contributed by atoms with E-state index in [2.05, 4.69) is 10.0 Å². The zero-order chi connectivity index (χ0) is 17.2. The van der Waals surface area contributed by atoms with Crippen LogP contribution in [0.15, 0.2) is 35.4 Å². The van der Waals surface area contributed by atoms with Gasteiger partial charge in [-0.25, -0.2) is 0 Å². The van der Waals surface area contributed by atoms with Crippen molar-refractivity contribution in [2.24, 2.45) is 5.11 Å². The van der Waals surface area contributed by atoms with Gasteiger partial charge in [-0.1, -0.05) is 35.4 Å². The van der Waals surface area contributed by atoms with Gasteiger partial charge in [-0.2, -0.15) is 5.06 Å². The first-order valence-electron chi connectivity index (χ1n) is 7.83. The zero-order valence-electron chi connectivity index (χ0n) is 13.7. The second-order valence-electron chi connectivity index (χ2n) is 6.29. The number of hydroxylamine groups is 2. The van der Waals surface area contributed by atoms with Gasteiger partial charge in [0.25, 0.3) is 0 Å². The van der Waals surface area contributed by atoms with Crippen molar-refractivity contribution in [1.29, 1.82) is 0 Å². The molecule has 1 aromatic carbocycles. The van der Waals surface area contributed by atoms with Gasteiger partial charge >= 0.3 is 0 Å². The number of benzene rings is 1. The maximum absolute atomic E-state index is 12.8. The number of carbonyl (C=O) groups excluding carboxylic acids is 1. The first-order valence-corrected chi connectivity index (χ1v) is 7.83. The van der Waals surface area contributed by atoms with Crippen LogP contribution in [0, 0.1) is 0 Å². The molecule has 8 nitrogen and oxygen atoms in total. The van der Waals surface area contributed by atoms with Crippen LogP contribution in [0.5, 0.6) is 0 Å². The lowest BCUT2D eigenvalue weighted by Crippen LogP contribution is -2.58. The molecule has 2 aliphatic rings. The second kappa shape index (κ2) is 6.88. The number of ether oxygens (including phenoxy) is 2. The Morgan fingerprint density at radius 2 is 2.08 bits per heavy atom. The van der Waals surface area contributed by atoms with Crippen molar-refractivity contribution in [3.8, 4) is 0 Å². The number of ketones is 1. The molecule has 3 rings (SSSR count). The number of hydrogen-bond acceptors (Lipinski definition) is 6. The highest BCUT2D eigenvalue weighted by atomic mass is 16.7. The minimum absolute atomic E-state index is 0.0309. The minimum atomic E-state index is -0.848. The molecule has 0 spiro atoms. The van der Waals surface area contributed by atoms with E-state index in [-0.39, 0.29) is 19.0 Å². The maximum atomic E-state index is 12.8. The van der Waals surface area contributed by atoms with Crippen molar-refractivity contribution < 1.29 is 19.1 Å². The molecule has 0 aliphatic carbocycles. The van der Waals surface area contributed by atoms with Crippen molar-refractivity contribution in [2.45, 2.75) is 44.4 Å². The molecule has 2 saturated heterocycles. The molecule has 0 amide bonds. The molecule has 0 unspecified atom stereocenters. The molecule has 0 N–H and O–H groups in total. The topological polar surface area (TPSA) is 96.8 Å². The summed E-state index contributed by atoms with van der Waals surface area (Å²) in [6.45, 7) is 4.34. The van der Waals surface area contributed by atoms with Crippen LogP contribution >= 0.6 is 0 Å². The highest BCUT2D eigenvalue weighted by Crippen LogP contribution is 2.30. The predicted octanol–water partition coefficient (Wildman–Crippen LogP) is 2.20. The smallest absolute Gasteiger partial charge is 0.166 e. The van der Waals surface area contributed by atoms with Gasteiger partial charge < -0.3 is 9.47 Å². The number of rotatable bonds is 4. The Bertz CT molecular complexity index is 645. The van der Waals surface area contributed by atoms with Crippen LogP contribution in [-0.2, 0) is 25.7 Å². The van der Waals surface area contributed by atoms with Crippen LogP contribution in [0.2, 0.25) is 0 Å². The van der Waals surface area contributed by atoms with Gasteiger partial charge in [0.2, 0.25) is 0 Å². The lowest BCUT2D eigenvalue weighted by Gasteiger charge is -2.38. The maximum Gasteiger partial charge on any atom is 0.166 e. The Kier molecular flexibility index (Phi) is 4.84. The average molecular weight is 332 g/mol. The van der Waals surface area contributed by atoms with Gasteiger partial charge in [-0.15, -0.1) is 0 Å². The SMILES string of the molecule is CC1(C)OC[C@H]([C@H]2C(=O)[C@H](N=[N+]=[N-])CON2Cc2ccccc2)O1. The predicted molar refractivity (Wildman–Crippen MR) is 84.6 cm³/mol. The highest BCUT2D eigenvalue weighted by molar-refractivity contribution is 5.90. The Labute approximate surface area is 139 Å². The third-order valence-electron chi connectivity index (χ3n) is 4.08. The number of nitrogens with zero attached hydrogens (tertiary/aromatic N) is 4. The van der Waals surface area contributed by atoms with Crippen LogP contribution in [0.4, 0.5) is 0 Å². The summed E-state index contributed by atoms with van der Waals surface area (Å²) in [6.07, 6.45) is -0.479. The van der Waals surface area contributed by atoms with Crippen LogP contribution in [0.25, 0.3) is 10.4 Å². The second-order valence-corrected chi connectivity index (χ2v) is 6.29. The van der Waals surface area contributed by atoms with Crippen molar-refractivity contribution in [3.05, 3.63) is 46.3 Å². The number of hydrogen-bond donors (Lipinski definition) is 0. The normalized spacial score (nSPS) is 30.1. The number of azide groups is 1. The third kappa shape index (κ3) is 3.58. The van der Waals surface area contributed by atoms with Gasteiger partial charge in [-0.05, 0) is 24.9 Å². The molecule has 0 radical (unpaired) electrons. The summed E-state index contributed by atoms with van der Waals surface area (Å²) in [5, 5.41) is 5.15. The van der Waals surface area contributed by atoms with Gasteiger partial charge in [0.05, 0.1) is 19.8 Å². The van der Waals surface area contributed by atoms with Crippen molar-refractivity contribution in [1.82, 2.24) is 5.06 Å². The van der Waals surface area contributed by atoms with Crippen LogP contribution in [0.1, 0.15) is 19.4 Å². The molecular formula is C16H20N4O4. The Hall–Kier alpha value is -1.96. The van der Waals surface area contributed by atoms with Crippen LogP contribution in [-0.4, -0.2) is 48.0 Å². The molecule has 8 heteroatoms. The number of Topliss-reactive ketones (excluding diaryl/α,β-unsaturated/α-hetero) is 1. The first kappa shape index (κ1) is 16.9. The van der Waals surface area contributed by atoms with E-state index in [9.17, 15) is 4.79 Å². The summed E-state index contributed by atoms with van der Waals surface area (Å²) in [5.41, 5.74) is 9.66. The molecule has 1 aromatic rings. The van der Waals surface area contributed by atoms with Crippen LogP contribution < -0.4 is 0 Å². The fourth-order valence-corrected chi connectivity index (χ4v) is 2.97. The molecule has 2 heterocycles. The highest BCUT2D eigenvalue weighted by Gasteiger charge is 2.47.